The standard InChI is InChI=1S/C13H22ClNO3S/c14-8-4-9-15(11-5-3-6-11)13(16)12-7-1-2-10-19(12,17)18/h11-12H,1-10H2. The van der Waals surface area contributed by atoms with Crippen molar-refractivity contribution in [3.8, 4) is 0 Å². The van der Waals surface area contributed by atoms with E-state index >= 15 is 0 Å². The van der Waals surface area contributed by atoms with Gasteiger partial charge in [-0.3, -0.25) is 4.79 Å². The third-order valence-electron chi connectivity index (χ3n) is 4.19. The second kappa shape index (κ2) is 6.44. The van der Waals surface area contributed by atoms with Crippen molar-refractivity contribution in [1.82, 2.24) is 4.90 Å². The molecule has 1 aliphatic heterocycles. The Morgan fingerprint density at radius 1 is 1.16 bits per heavy atom. The van der Waals surface area contributed by atoms with Gasteiger partial charge in [0, 0.05) is 18.5 Å². The first-order chi connectivity index (χ1) is 9.06. The summed E-state index contributed by atoms with van der Waals surface area (Å²) in [5, 5.41) is -0.794. The average Bonchev–Trinajstić information content (AvgIpc) is 2.30. The van der Waals surface area contributed by atoms with E-state index in [1.54, 1.807) is 4.90 Å². The van der Waals surface area contributed by atoms with Crippen molar-refractivity contribution >= 4 is 27.3 Å². The maximum atomic E-state index is 12.6. The predicted molar refractivity (Wildman–Crippen MR) is 76.1 cm³/mol. The minimum atomic E-state index is -3.23. The number of nitrogens with zero attached hydrogens (tertiary/aromatic N) is 1. The molecule has 110 valence electrons. The number of amides is 1. The van der Waals surface area contributed by atoms with Crippen molar-refractivity contribution in [2.75, 3.05) is 18.2 Å². The van der Waals surface area contributed by atoms with Crippen molar-refractivity contribution in [3.05, 3.63) is 0 Å². The lowest BCUT2D eigenvalue weighted by Gasteiger charge is -2.39. The van der Waals surface area contributed by atoms with Gasteiger partial charge in [-0.25, -0.2) is 8.42 Å². The zero-order valence-corrected chi connectivity index (χ0v) is 12.8. The summed E-state index contributed by atoms with van der Waals surface area (Å²) in [6, 6.07) is 0.243. The minimum Gasteiger partial charge on any atom is -0.339 e. The first kappa shape index (κ1) is 15.1. The van der Waals surface area contributed by atoms with Gasteiger partial charge >= 0.3 is 0 Å². The maximum Gasteiger partial charge on any atom is 0.241 e. The molecule has 19 heavy (non-hydrogen) atoms. The first-order valence-electron chi connectivity index (χ1n) is 7.14. The van der Waals surface area contributed by atoms with Crippen LogP contribution in [0.25, 0.3) is 0 Å². The first-order valence-corrected chi connectivity index (χ1v) is 9.39. The van der Waals surface area contributed by atoms with Crippen LogP contribution in [0.2, 0.25) is 0 Å². The quantitative estimate of drug-likeness (QED) is 0.730. The van der Waals surface area contributed by atoms with Crippen LogP contribution < -0.4 is 0 Å². The number of hydrogen-bond acceptors (Lipinski definition) is 3. The Morgan fingerprint density at radius 2 is 1.89 bits per heavy atom. The Bertz CT molecular complexity index is 420. The molecule has 6 heteroatoms. The molecule has 2 aliphatic rings. The average molecular weight is 308 g/mol. The Labute approximate surface area is 120 Å². The molecule has 0 N–H and O–H groups in total. The predicted octanol–water partition coefficient (Wildman–Crippen LogP) is 1.96. The highest BCUT2D eigenvalue weighted by Crippen LogP contribution is 2.29. The van der Waals surface area contributed by atoms with Crippen LogP contribution in [0.1, 0.15) is 44.9 Å². The monoisotopic (exact) mass is 307 g/mol. The minimum absolute atomic E-state index is 0.164. The molecule has 1 unspecified atom stereocenters. The lowest BCUT2D eigenvalue weighted by molar-refractivity contribution is -0.135. The molecular formula is C13H22ClNO3S. The van der Waals surface area contributed by atoms with E-state index in [2.05, 4.69) is 0 Å². The normalized spacial score (nSPS) is 26.7. The number of alkyl halides is 1. The summed E-state index contributed by atoms with van der Waals surface area (Å²) in [5.74, 6) is 0.500. The van der Waals surface area contributed by atoms with E-state index in [0.717, 1.165) is 32.1 Å². The van der Waals surface area contributed by atoms with Crippen LogP contribution >= 0.6 is 11.6 Å². The Balaban J connectivity index is 2.08. The molecule has 1 saturated carbocycles. The fraction of sp³-hybridized carbons (Fsp3) is 0.923. The molecule has 0 aromatic rings. The molecule has 1 heterocycles. The van der Waals surface area contributed by atoms with Gasteiger partial charge in [0.1, 0.15) is 5.25 Å². The van der Waals surface area contributed by atoms with Gasteiger partial charge in [0.2, 0.25) is 5.91 Å². The van der Waals surface area contributed by atoms with Gasteiger partial charge in [-0.2, -0.15) is 0 Å². The van der Waals surface area contributed by atoms with E-state index < -0.39 is 15.1 Å². The molecule has 0 spiro atoms. The molecule has 2 rings (SSSR count). The van der Waals surface area contributed by atoms with Crippen molar-refractivity contribution in [3.63, 3.8) is 0 Å². The maximum absolute atomic E-state index is 12.6. The number of carbonyl (C=O) groups is 1. The molecule has 1 amide bonds. The molecule has 0 radical (unpaired) electrons. The smallest absolute Gasteiger partial charge is 0.241 e. The second-order valence-electron chi connectivity index (χ2n) is 5.51. The number of hydrogen-bond donors (Lipinski definition) is 0. The number of carbonyl (C=O) groups excluding carboxylic acids is 1. The van der Waals surface area contributed by atoms with Gasteiger partial charge in [0.25, 0.3) is 0 Å². The Morgan fingerprint density at radius 3 is 2.42 bits per heavy atom. The van der Waals surface area contributed by atoms with Crippen LogP contribution in [-0.4, -0.2) is 48.7 Å². The van der Waals surface area contributed by atoms with Crippen LogP contribution in [0.3, 0.4) is 0 Å². The van der Waals surface area contributed by atoms with Crippen LogP contribution in [-0.2, 0) is 14.6 Å². The van der Waals surface area contributed by atoms with Gasteiger partial charge in [0.15, 0.2) is 9.84 Å². The van der Waals surface area contributed by atoms with Crippen LogP contribution in [0.15, 0.2) is 0 Å². The number of sulfone groups is 1. The summed E-state index contributed by atoms with van der Waals surface area (Å²) in [6.07, 6.45) is 5.89. The molecule has 2 fully saturated rings. The van der Waals surface area contributed by atoms with Gasteiger partial charge in [-0.05, 0) is 38.5 Å². The van der Waals surface area contributed by atoms with Crippen LogP contribution in [0, 0.1) is 0 Å². The van der Waals surface area contributed by atoms with Crippen LogP contribution in [0.4, 0.5) is 0 Å². The molecule has 1 atom stereocenters. The van der Waals surface area contributed by atoms with Gasteiger partial charge in [-0.1, -0.05) is 6.42 Å². The fourth-order valence-electron chi connectivity index (χ4n) is 2.82. The van der Waals surface area contributed by atoms with Gasteiger partial charge in [-0.15, -0.1) is 11.6 Å². The lowest BCUT2D eigenvalue weighted by atomic mass is 9.91. The van der Waals surface area contributed by atoms with Crippen molar-refractivity contribution in [2.24, 2.45) is 0 Å². The molecule has 0 aromatic heterocycles. The van der Waals surface area contributed by atoms with Crippen molar-refractivity contribution in [2.45, 2.75) is 56.2 Å². The van der Waals surface area contributed by atoms with E-state index in [1.165, 1.54) is 0 Å². The number of rotatable bonds is 5. The molecule has 4 nitrogen and oxygen atoms in total. The summed E-state index contributed by atoms with van der Waals surface area (Å²) in [7, 11) is -3.23. The van der Waals surface area contributed by atoms with Crippen molar-refractivity contribution < 1.29 is 13.2 Å². The highest BCUT2D eigenvalue weighted by atomic mass is 35.5. The van der Waals surface area contributed by atoms with Gasteiger partial charge in [0.05, 0.1) is 5.75 Å². The van der Waals surface area contributed by atoms with E-state index in [9.17, 15) is 13.2 Å². The molecule has 0 bridgehead atoms. The third-order valence-corrected chi connectivity index (χ3v) is 6.61. The molecule has 1 aliphatic carbocycles. The Hall–Kier alpha value is -0.290. The zero-order chi connectivity index (χ0) is 13.9. The number of halogens is 1. The van der Waals surface area contributed by atoms with E-state index in [1.807, 2.05) is 0 Å². The molecule has 0 aromatic carbocycles. The second-order valence-corrected chi connectivity index (χ2v) is 8.19. The highest BCUT2D eigenvalue weighted by molar-refractivity contribution is 7.92. The Kier molecular flexibility index (Phi) is 5.12. The topological polar surface area (TPSA) is 54.5 Å². The van der Waals surface area contributed by atoms with E-state index in [0.29, 0.717) is 25.3 Å². The van der Waals surface area contributed by atoms with Crippen LogP contribution in [0.5, 0.6) is 0 Å². The van der Waals surface area contributed by atoms with Crippen molar-refractivity contribution in [1.29, 1.82) is 0 Å². The summed E-state index contributed by atoms with van der Waals surface area (Å²) in [5.41, 5.74) is 0. The summed E-state index contributed by atoms with van der Waals surface area (Å²) < 4.78 is 24.1. The lowest BCUT2D eigenvalue weighted by Crippen LogP contribution is -2.52. The summed E-state index contributed by atoms with van der Waals surface area (Å²) in [4.78, 5) is 14.3. The van der Waals surface area contributed by atoms with E-state index in [4.69, 9.17) is 11.6 Å². The highest BCUT2D eigenvalue weighted by Gasteiger charge is 2.40. The SMILES string of the molecule is O=C(C1CCCCS1(=O)=O)N(CCCCl)C1CCC1. The zero-order valence-electron chi connectivity index (χ0n) is 11.2. The summed E-state index contributed by atoms with van der Waals surface area (Å²) in [6.45, 7) is 0.596. The molecule has 1 saturated heterocycles. The summed E-state index contributed by atoms with van der Waals surface area (Å²) >= 11 is 5.70. The largest absolute Gasteiger partial charge is 0.339 e. The van der Waals surface area contributed by atoms with Gasteiger partial charge < -0.3 is 4.90 Å². The fourth-order valence-corrected chi connectivity index (χ4v) is 4.80. The molecular weight excluding hydrogens is 286 g/mol. The van der Waals surface area contributed by atoms with E-state index in [-0.39, 0.29) is 17.7 Å². The third kappa shape index (κ3) is 3.43.